The molecule has 0 aliphatic carbocycles. The lowest BCUT2D eigenvalue weighted by molar-refractivity contribution is -0.129. The molecule has 0 bridgehead atoms. The summed E-state index contributed by atoms with van der Waals surface area (Å²) >= 11 is 12.5. The lowest BCUT2D eigenvalue weighted by atomic mass is 10.0. The third-order valence-electron chi connectivity index (χ3n) is 5.49. The van der Waals surface area contributed by atoms with Gasteiger partial charge in [-0.3, -0.25) is 4.79 Å². The van der Waals surface area contributed by atoms with Crippen molar-refractivity contribution in [3.8, 4) is 28.1 Å². The van der Waals surface area contributed by atoms with Gasteiger partial charge in [0, 0.05) is 48.7 Å². The Hall–Kier alpha value is -2.80. The van der Waals surface area contributed by atoms with Crippen molar-refractivity contribution in [3.05, 3.63) is 64.1 Å². The van der Waals surface area contributed by atoms with Crippen LogP contribution in [0.3, 0.4) is 0 Å². The van der Waals surface area contributed by atoms with Crippen molar-refractivity contribution in [2.75, 3.05) is 46.1 Å². The SMILES string of the molecule is Cc1cc(O)c(-c2cc(-c3cccc(Cl)c3)cc(NCCC(=O)N(C)CCN(C)C)n2)cc1Cl. The Morgan fingerprint density at radius 3 is 2.50 bits per heavy atom. The lowest BCUT2D eigenvalue weighted by Gasteiger charge is -2.20. The highest BCUT2D eigenvalue weighted by atomic mass is 35.5. The molecule has 2 aromatic carbocycles. The maximum absolute atomic E-state index is 12.5. The first-order chi connectivity index (χ1) is 16.1. The Morgan fingerprint density at radius 2 is 1.79 bits per heavy atom. The Balaban J connectivity index is 1.87. The standard InChI is InChI=1S/C26H30Cl2N4O2/c1-17-12-24(33)21(16-22(17)28)23-14-19(18-6-5-7-20(27)13-18)15-25(30-23)29-9-8-26(34)32(4)11-10-31(2)3/h5-7,12-16,33H,8-11H2,1-4H3,(H,29,30). The summed E-state index contributed by atoms with van der Waals surface area (Å²) in [6.45, 7) is 3.75. The number of benzene rings is 2. The van der Waals surface area contributed by atoms with E-state index in [1.54, 1.807) is 17.0 Å². The molecule has 1 heterocycles. The van der Waals surface area contributed by atoms with Crippen LogP contribution in [-0.2, 0) is 4.79 Å². The number of phenols is 1. The summed E-state index contributed by atoms with van der Waals surface area (Å²) < 4.78 is 0. The van der Waals surface area contributed by atoms with E-state index in [1.165, 1.54) is 0 Å². The highest BCUT2D eigenvalue weighted by molar-refractivity contribution is 6.31. The van der Waals surface area contributed by atoms with Crippen LogP contribution >= 0.6 is 23.2 Å². The Kier molecular flexibility index (Phi) is 8.78. The minimum atomic E-state index is 0.0588. The summed E-state index contributed by atoms with van der Waals surface area (Å²) in [5.41, 5.74) is 3.66. The fourth-order valence-electron chi connectivity index (χ4n) is 3.43. The molecule has 180 valence electrons. The zero-order valence-electron chi connectivity index (χ0n) is 19.9. The third kappa shape index (κ3) is 6.86. The number of pyridine rings is 1. The normalized spacial score (nSPS) is 11.0. The molecular formula is C26H30Cl2N4O2. The maximum atomic E-state index is 12.5. The van der Waals surface area contributed by atoms with Crippen molar-refractivity contribution in [2.45, 2.75) is 13.3 Å². The molecule has 0 aliphatic heterocycles. The molecule has 8 heteroatoms. The molecule has 1 amide bonds. The van der Waals surface area contributed by atoms with E-state index in [4.69, 9.17) is 28.2 Å². The Labute approximate surface area is 211 Å². The van der Waals surface area contributed by atoms with E-state index in [9.17, 15) is 9.90 Å². The Morgan fingerprint density at radius 1 is 1.03 bits per heavy atom. The molecule has 3 aromatic rings. The number of nitrogens with zero attached hydrogens (tertiary/aromatic N) is 3. The van der Waals surface area contributed by atoms with Gasteiger partial charge < -0.3 is 20.2 Å². The number of hydrogen-bond acceptors (Lipinski definition) is 5. The average molecular weight is 501 g/mol. The van der Waals surface area contributed by atoms with Crippen LogP contribution in [0.4, 0.5) is 5.82 Å². The number of aromatic nitrogens is 1. The van der Waals surface area contributed by atoms with Crippen molar-refractivity contribution in [2.24, 2.45) is 0 Å². The predicted molar refractivity (Wildman–Crippen MR) is 141 cm³/mol. The van der Waals surface area contributed by atoms with Crippen molar-refractivity contribution in [1.29, 1.82) is 0 Å². The molecule has 0 radical (unpaired) electrons. The van der Waals surface area contributed by atoms with Gasteiger partial charge in [-0.1, -0.05) is 35.3 Å². The minimum Gasteiger partial charge on any atom is -0.507 e. The number of nitrogens with one attached hydrogen (secondary N) is 1. The number of rotatable bonds is 9. The number of carbonyl (C=O) groups excluding carboxylic acids is 1. The van der Waals surface area contributed by atoms with Crippen LogP contribution in [0.2, 0.25) is 10.0 Å². The van der Waals surface area contributed by atoms with Gasteiger partial charge in [0.15, 0.2) is 0 Å². The van der Waals surface area contributed by atoms with Gasteiger partial charge in [-0.05, 0) is 74.1 Å². The number of likely N-dealkylation sites (N-methyl/N-ethyl adjacent to an activating group) is 2. The van der Waals surface area contributed by atoms with Crippen molar-refractivity contribution < 1.29 is 9.90 Å². The number of hydrogen-bond donors (Lipinski definition) is 2. The maximum Gasteiger partial charge on any atom is 0.224 e. The molecular weight excluding hydrogens is 471 g/mol. The van der Waals surface area contributed by atoms with E-state index in [0.717, 1.165) is 23.2 Å². The van der Waals surface area contributed by atoms with Gasteiger partial charge in [0.2, 0.25) is 5.91 Å². The largest absolute Gasteiger partial charge is 0.507 e. The number of carbonyl (C=O) groups is 1. The van der Waals surface area contributed by atoms with Crippen molar-refractivity contribution in [1.82, 2.24) is 14.8 Å². The smallest absolute Gasteiger partial charge is 0.224 e. The van der Waals surface area contributed by atoms with E-state index < -0.39 is 0 Å². The highest BCUT2D eigenvalue weighted by Crippen LogP contribution is 2.36. The van der Waals surface area contributed by atoms with Crippen LogP contribution in [0.25, 0.3) is 22.4 Å². The summed E-state index contributed by atoms with van der Waals surface area (Å²) in [5.74, 6) is 0.747. The monoisotopic (exact) mass is 500 g/mol. The van der Waals surface area contributed by atoms with Gasteiger partial charge in [0.25, 0.3) is 0 Å². The molecule has 0 unspecified atom stereocenters. The Bertz CT molecular complexity index is 1170. The summed E-state index contributed by atoms with van der Waals surface area (Å²) in [7, 11) is 5.77. The summed E-state index contributed by atoms with van der Waals surface area (Å²) in [5, 5.41) is 15.0. The predicted octanol–water partition coefficient (Wildman–Crippen LogP) is 5.56. The molecule has 3 rings (SSSR count). The summed E-state index contributed by atoms with van der Waals surface area (Å²) in [6, 6.07) is 14.7. The number of halogens is 2. The van der Waals surface area contributed by atoms with E-state index in [2.05, 4.69) is 5.32 Å². The summed E-state index contributed by atoms with van der Waals surface area (Å²) in [6.07, 6.45) is 0.337. The molecule has 0 fully saturated rings. The van der Waals surface area contributed by atoms with Gasteiger partial charge >= 0.3 is 0 Å². The van der Waals surface area contributed by atoms with Crippen LogP contribution in [0.5, 0.6) is 5.75 Å². The quantitative estimate of drug-likeness (QED) is 0.402. The van der Waals surface area contributed by atoms with Crippen molar-refractivity contribution >= 4 is 34.9 Å². The number of aromatic hydroxyl groups is 1. The number of amides is 1. The second-order valence-electron chi connectivity index (χ2n) is 8.55. The van der Waals surface area contributed by atoms with Gasteiger partial charge in [0.05, 0.1) is 5.69 Å². The average Bonchev–Trinajstić information content (AvgIpc) is 2.79. The molecule has 1 aromatic heterocycles. The van der Waals surface area contributed by atoms with Gasteiger partial charge in [-0.2, -0.15) is 0 Å². The molecule has 0 spiro atoms. The third-order valence-corrected chi connectivity index (χ3v) is 6.13. The summed E-state index contributed by atoms with van der Waals surface area (Å²) in [4.78, 5) is 20.9. The van der Waals surface area contributed by atoms with Crippen LogP contribution < -0.4 is 5.32 Å². The van der Waals surface area contributed by atoms with Crippen LogP contribution in [0, 0.1) is 6.92 Å². The van der Waals surface area contributed by atoms with Gasteiger partial charge in [-0.15, -0.1) is 0 Å². The van der Waals surface area contributed by atoms with Crippen LogP contribution in [-0.4, -0.2) is 66.6 Å². The fraction of sp³-hybridized carbons (Fsp3) is 0.308. The first kappa shape index (κ1) is 25.8. The fourth-order valence-corrected chi connectivity index (χ4v) is 3.78. The van der Waals surface area contributed by atoms with E-state index >= 15 is 0 Å². The van der Waals surface area contributed by atoms with Crippen LogP contribution in [0.15, 0.2) is 48.5 Å². The topological polar surface area (TPSA) is 68.7 Å². The molecule has 0 atom stereocenters. The first-order valence-electron chi connectivity index (χ1n) is 11.0. The zero-order chi connectivity index (χ0) is 24.8. The van der Waals surface area contributed by atoms with E-state index in [-0.39, 0.29) is 11.7 Å². The second kappa shape index (κ2) is 11.6. The molecule has 6 nitrogen and oxygen atoms in total. The van der Waals surface area contributed by atoms with Gasteiger partial charge in [0.1, 0.15) is 11.6 Å². The van der Waals surface area contributed by atoms with E-state index in [1.807, 2.05) is 69.4 Å². The number of aryl methyl sites for hydroxylation is 1. The highest BCUT2D eigenvalue weighted by Gasteiger charge is 2.14. The first-order valence-corrected chi connectivity index (χ1v) is 11.8. The second-order valence-corrected chi connectivity index (χ2v) is 9.39. The lowest BCUT2D eigenvalue weighted by Crippen LogP contribution is -2.34. The minimum absolute atomic E-state index is 0.0588. The van der Waals surface area contributed by atoms with Crippen molar-refractivity contribution in [3.63, 3.8) is 0 Å². The van der Waals surface area contributed by atoms with Crippen LogP contribution in [0.1, 0.15) is 12.0 Å². The molecule has 0 saturated heterocycles. The molecule has 0 saturated carbocycles. The number of anilines is 1. The molecule has 34 heavy (non-hydrogen) atoms. The van der Waals surface area contributed by atoms with Gasteiger partial charge in [-0.25, -0.2) is 4.98 Å². The number of phenolic OH excluding ortho intramolecular Hbond substituents is 1. The zero-order valence-corrected chi connectivity index (χ0v) is 21.4. The molecule has 2 N–H and O–H groups in total. The molecule has 0 aliphatic rings. The van der Waals surface area contributed by atoms with E-state index in [0.29, 0.717) is 46.6 Å².